The molecule has 3 aliphatic rings. The van der Waals surface area contributed by atoms with E-state index in [1.165, 1.54) is 17.2 Å². The normalized spacial score (nSPS) is 36.5. The van der Waals surface area contributed by atoms with Gasteiger partial charge in [0.05, 0.1) is 5.92 Å². The summed E-state index contributed by atoms with van der Waals surface area (Å²) in [7, 11) is 0. The monoisotopic (exact) mass is 356 g/mol. The Bertz CT molecular complexity index is 577. The van der Waals surface area contributed by atoms with Gasteiger partial charge in [0.25, 0.3) is 0 Å². The molecule has 0 aliphatic carbocycles. The average Bonchev–Trinajstić information content (AvgIpc) is 2.98. The molecule has 2 N–H and O–H groups in total. The zero-order valence-electron chi connectivity index (χ0n) is 14.7. The lowest BCUT2D eigenvalue weighted by Gasteiger charge is -2.36. The van der Waals surface area contributed by atoms with Gasteiger partial charge in [0.1, 0.15) is 24.9 Å². The van der Waals surface area contributed by atoms with Crippen LogP contribution in [-0.4, -0.2) is 65.2 Å². The van der Waals surface area contributed by atoms with Gasteiger partial charge in [-0.15, -0.1) is 0 Å². The summed E-state index contributed by atoms with van der Waals surface area (Å²) >= 11 is 0. The Hall–Kier alpha value is -1.68. The van der Waals surface area contributed by atoms with Crippen LogP contribution >= 0.6 is 0 Å². The molecule has 9 nitrogen and oxygen atoms in total. The van der Waals surface area contributed by atoms with Crippen LogP contribution in [0.3, 0.4) is 0 Å². The molecule has 0 aromatic carbocycles. The number of hydrogen-bond acceptors (Lipinski definition) is 8. The second-order valence-electron chi connectivity index (χ2n) is 7.06. The van der Waals surface area contributed by atoms with E-state index in [0.717, 1.165) is 0 Å². The number of nitrogens with zero attached hydrogens (tertiary/aromatic N) is 1. The van der Waals surface area contributed by atoms with Gasteiger partial charge in [-0.25, -0.2) is 0 Å². The van der Waals surface area contributed by atoms with Gasteiger partial charge in [0.2, 0.25) is 12.3 Å². The molecule has 0 aromatic rings. The standard InChI is InChI=1S/C16H24N2O7/c1-8(2)14(20)22-7-9-11-12(25-16(3,4)24-11)13(23-9)18-6-5-10(19)17-15(18)21/h5-6,8-9,11-13,15,21H,7H2,1-4H3,(H,17,19)/t9-,11-,12-,13-,15?/m1/s1. The number of aliphatic hydroxyl groups is 1. The Labute approximate surface area is 145 Å². The van der Waals surface area contributed by atoms with Gasteiger partial charge >= 0.3 is 5.97 Å². The summed E-state index contributed by atoms with van der Waals surface area (Å²) in [6, 6.07) is 0. The van der Waals surface area contributed by atoms with Crippen molar-refractivity contribution in [2.75, 3.05) is 6.61 Å². The van der Waals surface area contributed by atoms with E-state index < -0.39 is 42.6 Å². The number of rotatable bonds is 4. The number of nitrogens with one attached hydrogen (secondary N) is 1. The molecule has 1 unspecified atom stereocenters. The third-order valence-electron chi connectivity index (χ3n) is 4.23. The predicted molar refractivity (Wildman–Crippen MR) is 83.4 cm³/mol. The topological polar surface area (TPSA) is 107 Å². The van der Waals surface area contributed by atoms with Crippen molar-refractivity contribution in [3.63, 3.8) is 0 Å². The van der Waals surface area contributed by atoms with Crippen LogP contribution in [0.15, 0.2) is 12.3 Å². The third kappa shape index (κ3) is 3.64. The van der Waals surface area contributed by atoms with Gasteiger partial charge in [-0.2, -0.15) is 0 Å². The molecule has 25 heavy (non-hydrogen) atoms. The largest absolute Gasteiger partial charge is 0.463 e. The van der Waals surface area contributed by atoms with Crippen molar-refractivity contribution in [3.05, 3.63) is 12.3 Å². The summed E-state index contributed by atoms with van der Waals surface area (Å²) in [5.41, 5.74) is 0. The number of hydrogen-bond donors (Lipinski definition) is 2. The molecule has 5 atom stereocenters. The first-order valence-electron chi connectivity index (χ1n) is 8.30. The van der Waals surface area contributed by atoms with E-state index in [2.05, 4.69) is 5.32 Å². The van der Waals surface area contributed by atoms with E-state index in [1.54, 1.807) is 27.7 Å². The average molecular weight is 356 g/mol. The van der Waals surface area contributed by atoms with Gasteiger partial charge in [0.15, 0.2) is 12.0 Å². The van der Waals surface area contributed by atoms with E-state index in [1.807, 2.05) is 0 Å². The van der Waals surface area contributed by atoms with Gasteiger partial charge in [-0.05, 0) is 13.8 Å². The van der Waals surface area contributed by atoms with Crippen molar-refractivity contribution in [2.45, 2.75) is 64.4 Å². The fourth-order valence-corrected chi connectivity index (χ4v) is 3.07. The minimum atomic E-state index is -1.24. The fourth-order valence-electron chi connectivity index (χ4n) is 3.07. The molecule has 3 aliphatic heterocycles. The lowest BCUT2D eigenvalue weighted by atomic mass is 10.1. The predicted octanol–water partition coefficient (Wildman–Crippen LogP) is -0.348. The molecule has 0 bridgehead atoms. The molecule has 2 fully saturated rings. The summed E-state index contributed by atoms with van der Waals surface area (Å²) in [6.07, 6.45) is -0.711. The number of fused-ring (bicyclic) bond motifs is 1. The molecule has 3 rings (SSSR count). The maximum atomic E-state index is 11.7. The van der Waals surface area contributed by atoms with Crippen LogP contribution in [-0.2, 0) is 28.5 Å². The van der Waals surface area contributed by atoms with Crippen LogP contribution in [0.25, 0.3) is 0 Å². The zero-order valence-corrected chi connectivity index (χ0v) is 14.7. The Morgan fingerprint density at radius 2 is 2.08 bits per heavy atom. The third-order valence-corrected chi connectivity index (χ3v) is 4.23. The number of amides is 1. The van der Waals surface area contributed by atoms with E-state index in [-0.39, 0.29) is 18.5 Å². The van der Waals surface area contributed by atoms with Crippen LogP contribution in [0.4, 0.5) is 0 Å². The van der Waals surface area contributed by atoms with E-state index in [9.17, 15) is 14.7 Å². The molecule has 0 spiro atoms. The highest BCUT2D eigenvalue weighted by molar-refractivity contribution is 5.88. The SMILES string of the molecule is CC(C)C(=O)OC[C@H]1O[C@@H](N2C=CC(=O)NC2O)[C@@H]2OC(C)(C)O[C@@H]21. The molecule has 2 saturated heterocycles. The zero-order chi connectivity index (χ0) is 18.4. The number of ether oxygens (including phenoxy) is 4. The van der Waals surface area contributed by atoms with Crippen molar-refractivity contribution in [1.29, 1.82) is 0 Å². The van der Waals surface area contributed by atoms with Gasteiger partial charge in [0, 0.05) is 12.3 Å². The highest BCUT2D eigenvalue weighted by atomic mass is 16.8. The second kappa shape index (κ2) is 6.56. The Morgan fingerprint density at radius 1 is 1.40 bits per heavy atom. The lowest BCUT2D eigenvalue weighted by molar-refractivity contribution is -0.220. The van der Waals surface area contributed by atoms with Crippen LogP contribution in [0.1, 0.15) is 27.7 Å². The summed E-state index contributed by atoms with van der Waals surface area (Å²) in [4.78, 5) is 24.5. The van der Waals surface area contributed by atoms with Crippen molar-refractivity contribution in [2.24, 2.45) is 5.92 Å². The summed E-state index contributed by atoms with van der Waals surface area (Å²) in [5, 5.41) is 12.5. The second-order valence-corrected chi connectivity index (χ2v) is 7.06. The van der Waals surface area contributed by atoms with Crippen LogP contribution < -0.4 is 5.32 Å². The van der Waals surface area contributed by atoms with Crippen LogP contribution in [0, 0.1) is 5.92 Å². The highest BCUT2D eigenvalue weighted by Gasteiger charge is 2.57. The smallest absolute Gasteiger partial charge is 0.308 e. The number of aliphatic hydroxyl groups excluding tert-OH is 1. The van der Waals surface area contributed by atoms with Crippen molar-refractivity contribution >= 4 is 11.9 Å². The Morgan fingerprint density at radius 3 is 2.72 bits per heavy atom. The minimum Gasteiger partial charge on any atom is -0.463 e. The first kappa shape index (κ1) is 18.1. The van der Waals surface area contributed by atoms with Crippen molar-refractivity contribution < 1.29 is 33.6 Å². The van der Waals surface area contributed by atoms with E-state index in [0.29, 0.717) is 0 Å². The molecule has 1 amide bonds. The lowest BCUT2D eigenvalue weighted by Crippen LogP contribution is -2.55. The highest BCUT2D eigenvalue weighted by Crippen LogP contribution is 2.40. The number of carbonyl (C=O) groups is 2. The van der Waals surface area contributed by atoms with Gasteiger partial charge in [-0.1, -0.05) is 13.8 Å². The summed E-state index contributed by atoms with van der Waals surface area (Å²) in [6.45, 7) is 7.08. The van der Waals surface area contributed by atoms with E-state index in [4.69, 9.17) is 18.9 Å². The van der Waals surface area contributed by atoms with Crippen LogP contribution in [0.5, 0.6) is 0 Å². The van der Waals surface area contributed by atoms with Crippen molar-refractivity contribution in [1.82, 2.24) is 10.2 Å². The molecular formula is C16H24N2O7. The number of carbonyl (C=O) groups excluding carboxylic acids is 2. The Kier molecular flexibility index (Phi) is 4.76. The molecule has 3 heterocycles. The first-order valence-corrected chi connectivity index (χ1v) is 8.30. The summed E-state index contributed by atoms with van der Waals surface area (Å²) < 4.78 is 23.0. The molecule has 0 saturated carbocycles. The maximum absolute atomic E-state index is 11.7. The summed E-state index contributed by atoms with van der Waals surface area (Å²) in [5.74, 6) is -1.80. The molecule has 0 radical (unpaired) electrons. The van der Waals surface area contributed by atoms with Crippen molar-refractivity contribution in [3.8, 4) is 0 Å². The Balaban J connectivity index is 1.75. The molecular weight excluding hydrogens is 332 g/mol. The van der Waals surface area contributed by atoms with Gasteiger partial charge in [-0.3, -0.25) is 9.59 Å². The van der Waals surface area contributed by atoms with E-state index >= 15 is 0 Å². The maximum Gasteiger partial charge on any atom is 0.308 e. The molecule has 0 aromatic heterocycles. The fraction of sp³-hybridized carbons (Fsp3) is 0.750. The quantitative estimate of drug-likeness (QED) is 0.659. The molecule has 140 valence electrons. The number of esters is 1. The first-order chi connectivity index (χ1) is 11.7. The minimum absolute atomic E-state index is 0.0220. The molecule has 9 heteroatoms. The van der Waals surface area contributed by atoms with Crippen LogP contribution in [0.2, 0.25) is 0 Å². The van der Waals surface area contributed by atoms with Gasteiger partial charge < -0.3 is 34.3 Å².